The van der Waals surface area contributed by atoms with E-state index in [0.717, 1.165) is 17.3 Å². The molecule has 170 valence electrons. The lowest BCUT2D eigenvalue weighted by molar-refractivity contribution is -0.384. The Morgan fingerprint density at radius 1 is 1.12 bits per heavy atom. The molecular weight excluding hydrogens is 448 g/mol. The zero-order chi connectivity index (χ0) is 24.0. The highest BCUT2D eigenvalue weighted by molar-refractivity contribution is 7.99. The van der Waals surface area contributed by atoms with Crippen LogP contribution in [0.5, 0.6) is 0 Å². The van der Waals surface area contributed by atoms with E-state index in [2.05, 4.69) is 25.8 Å². The molecular formula is C21H20N6O5S. The van der Waals surface area contributed by atoms with Gasteiger partial charge in [-0.05, 0) is 25.1 Å². The third-order valence-corrected chi connectivity index (χ3v) is 5.25. The predicted molar refractivity (Wildman–Crippen MR) is 124 cm³/mol. The first kappa shape index (κ1) is 23.6. The van der Waals surface area contributed by atoms with Crippen molar-refractivity contribution in [3.63, 3.8) is 0 Å². The molecule has 3 N–H and O–H groups in total. The molecule has 0 atom stereocenters. The van der Waals surface area contributed by atoms with Crippen LogP contribution in [0, 0.1) is 17.0 Å². The molecule has 2 amide bonds. The number of aromatic amines is 1. The van der Waals surface area contributed by atoms with Crippen molar-refractivity contribution in [3.8, 4) is 11.3 Å². The van der Waals surface area contributed by atoms with Gasteiger partial charge in [0.25, 0.3) is 11.2 Å². The molecule has 1 heterocycles. The maximum atomic E-state index is 12.6. The van der Waals surface area contributed by atoms with Crippen molar-refractivity contribution in [2.24, 2.45) is 0 Å². The number of anilines is 2. The minimum absolute atomic E-state index is 0.0375. The monoisotopic (exact) mass is 468 g/mol. The Morgan fingerprint density at radius 3 is 2.61 bits per heavy atom. The molecule has 3 rings (SSSR count). The molecule has 0 aliphatic heterocycles. The fraction of sp³-hybridized carbons (Fsp3) is 0.190. The second-order valence-electron chi connectivity index (χ2n) is 6.90. The van der Waals surface area contributed by atoms with Crippen LogP contribution in [0.1, 0.15) is 18.9 Å². The number of aromatic nitrogens is 3. The van der Waals surface area contributed by atoms with Crippen molar-refractivity contribution in [3.05, 3.63) is 68.5 Å². The number of carbonyl (C=O) groups excluding carboxylic acids is 2. The maximum Gasteiger partial charge on any atom is 0.278 e. The topological polar surface area (TPSA) is 160 Å². The summed E-state index contributed by atoms with van der Waals surface area (Å²) in [5, 5.41) is 24.2. The van der Waals surface area contributed by atoms with E-state index in [1.54, 1.807) is 25.1 Å². The van der Waals surface area contributed by atoms with Crippen molar-refractivity contribution in [2.75, 3.05) is 16.4 Å². The number of nitro benzene ring substituents is 1. The molecule has 0 unspecified atom stereocenters. The number of hydrogen-bond acceptors (Lipinski definition) is 8. The fourth-order valence-corrected chi connectivity index (χ4v) is 3.40. The lowest BCUT2D eigenvalue weighted by atomic mass is 10.1. The van der Waals surface area contributed by atoms with Crippen LogP contribution in [0.15, 0.2) is 52.4 Å². The quantitative estimate of drug-likeness (QED) is 0.258. The van der Waals surface area contributed by atoms with Gasteiger partial charge in [-0.3, -0.25) is 29.5 Å². The van der Waals surface area contributed by atoms with E-state index >= 15 is 0 Å². The van der Waals surface area contributed by atoms with Gasteiger partial charge < -0.3 is 10.6 Å². The molecule has 33 heavy (non-hydrogen) atoms. The number of amides is 2. The van der Waals surface area contributed by atoms with Crippen LogP contribution in [0.25, 0.3) is 11.3 Å². The van der Waals surface area contributed by atoms with E-state index in [4.69, 9.17) is 0 Å². The number of nitrogens with one attached hydrogen (secondary N) is 3. The molecule has 12 heteroatoms. The number of non-ortho nitro benzene ring substituents is 1. The fourth-order valence-electron chi connectivity index (χ4n) is 2.79. The summed E-state index contributed by atoms with van der Waals surface area (Å²) in [6.07, 6.45) is 0.281. The van der Waals surface area contributed by atoms with E-state index in [9.17, 15) is 24.5 Å². The zero-order valence-electron chi connectivity index (χ0n) is 17.7. The maximum absolute atomic E-state index is 12.6. The Hall–Kier alpha value is -4.06. The summed E-state index contributed by atoms with van der Waals surface area (Å²) < 4.78 is 0. The molecule has 0 aliphatic carbocycles. The number of benzene rings is 2. The third kappa shape index (κ3) is 6.23. The first-order valence-corrected chi connectivity index (χ1v) is 10.8. The number of aryl methyl sites for hydroxylation is 1. The highest BCUT2D eigenvalue weighted by atomic mass is 32.2. The van der Waals surface area contributed by atoms with Gasteiger partial charge in [0.2, 0.25) is 11.8 Å². The van der Waals surface area contributed by atoms with Crippen molar-refractivity contribution < 1.29 is 14.5 Å². The average molecular weight is 468 g/mol. The van der Waals surface area contributed by atoms with Crippen LogP contribution >= 0.6 is 11.8 Å². The number of hydrogen-bond donors (Lipinski definition) is 3. The number of rotatable bonds is 8. The molecule has 0 fully saturated rings. The van der Waals surface area contributed by atoms with Gasteiger partial charge in [0, 0.05) is 29.8 Å². The lowest BCUT2D eigenvalue weighted by Crippen LogP contribution is -2.18. The van der Waals surface area contributed by atoms with Crippen molar-refractivity contribution in [1.82, 2.24) is 15.2 Å². The largest absolute Gasteiger partial charge is 0.325 e. The first-order valence-electron chi connectivity index (χ1n) is 9.81. The minimum atomic E-state index is -0.556. The van der Waals surface area contributed by atoms with Gasteiger partial charge in [-0.25, -0.2) is 0 Å². The molecule has 0 spiro atoms. The van der Waals surface area contributed by atoms with Gasteiger partial charge in [0.1, 0.15) is 0 Å². The number of nitro groups is 1. The number of thioether (sulfide) groups is 1. The lowest BCUT2D eigenvalue weighted by Gasteiger charge is -2.11. The van der Waals surface area contributed by atoms with Crippen LogP contribution in [-0.2, 0) is 9.59 Å². The zero-order valence-corrected chi connectivity index (χ0v) is 18.6. The van der Waals surface area contributed by atoms with Gasteiger partial charge >= 0.3 is 0 Å². The van der Waals surface area contributed by atoms with E-state index in [1.165, 1.54) is 24.3 Å². The van der Waals surface area contributed by atoms with Crippen LogP contribution in [-0.4, -0.2) is 37.7 Å². The second-order valence-corrected chi connectivity index (χ2v) is 7.87. The number of H-pyrrole nitrogens is 1. The molecule has 1 aromatic heterocycles. The summed E-state index contributed by atoms with van der Waals surface area (Å²) in [7, 11) is 0. The molecule has 0 saturated carbocycles. The highest BCUT2D eigenvalue weighted by Gasteiger charge is 2.15. The van der Waals surface area contributed by atoms with Crippen LogP contribution < -0.4 is 16.2 Å². The van der Waals surface area contributed by atoms with Crippen molar-refractivity contribution >= 4 is 40.6 Å². The van der Waals surface area contributed by atoms with Crippen LogP contribution in [0.3, 0.4) is 0 Å². The summed E-state index contributed by atoms with van der Waals surface area (Å²) in [5.41, 5.74) is 1.41. The average Bonchev–Trinajstić information content (AvgIpc) is 2.79. The van der Waals surface area contributed by atoms with Gasteiger partial charge in [-0.1, -0.05) is 36.4 Å². The predicted octanol–water partition coefficient (Wildman–Crippen LogP) is 3.13. The van der Waals surface area contributed by atoms with Crippen LogP contribution in [0.2, 0.25) is 0 Å². The van der Waals surface area contributed by atoms with Crippen molar-refractivity contribution in [1.29, 1.82) is 0 Å². The summed E-state index contributed by atoms with van der Waals surface area (Å²) in [6, 6.07) is 10.8. The molecule has 11 nitrogen and oxygen atoms in total. The molecule has 0 aliphatic rings. The van der Waals surface area contributed by atoms with Gasteiger partial charge in [0.15, 0.2) is 10.9 Å². The summed E-state index contributed by atoms with van der Waals surface area (Å²) >= 11 is 0.953. The summed E-state index contributed by atoms with van der Waals surface area (Å²) in [6.45, 7) is 3.57. The van der Waals surface area contributed by atoms with E-state index in [0.29, 0.717) is 11.3 Å². The Kier molecular flexibility index (Phi) is 7.51. The van der Waals surface area contributed by atoms with Gasteiger partial charge in [-0.2, -0.15) is 0 Å². The molecule has 0 bridgehead atoms. The van der Waals surface area contributed by atoms with E-state index in [-0.39, 0.29) is 40.3 Å². The van der Waals surface area contributed by atoms with Crippen molar-refractivity contribution in [2.45, 2.75) is 25.4 Å². The Bertz CT molecular complexity index is 1280. The normalized spacial score (nSPS) is 10.5. The van der Waals surface area contributed by atoms with Gasteiger partial charge in [-0.15, -0.1) is 10.2 Å². The first-order chi connectivity index (χ1) is 15.8. The Morgan fingerprint density at radius 2 is 1.91 bits per heavy atom. The van der Waals surface area contributed by atoms with Crippen LogP contribution in [0.4, 0.5) is 17.1 Å². The SMILES string of the molecule is CCC(=O)Nc1ccc(C)cc1-c1nnc(SCC(=O)Nc2cccc([N+](=O)[O-])c2)[nH]c1=O. The Labute approximate surface area is 192 Å². The smallest absolute Gasteiger partial charge is 0.278 e. The standard InChI is InChI=1S/C21H20N6O5S/c1-3-17(28)23-16-8-7-12(2)9-15(16)19-20(30)24-21(26-25-19)33-11-18(29)22-13-5-4-6-14(10-13)27(31)32/h4-10H,3,11H2,1-2H3,(H,22,29)(H,23,28)(H,24,26,30). The molecule has 3 aromatic rings. The number of carbonyl (C=O) groups is 2. The molecule has 0 saturated heterocycles. The number of nitrogens with zero attached hydrogens (tertiary/aromatic N) is 3. The second kappa shape index (κ2) is 10.5. The summed E-state index contributed by atoms with van der Waals surface area (Å²) in [4.78, 5) is 49.5. The molecule has 0 radical (unpaired) electrons. The summed E-state index contributed by atoms with van der Waals surface area (Å²) in [5.74, 6) is -0.739. The molecule has 2 aromatic carbocycles. The highest BCUT2D eigenvalue weighted by Crippen LogP contribution is 2.26. The van der Waals surface area contributed by atoms with E-state index in [1.807, 2.05) is 6.92 Å². The van der Waals surface area contributed by atoms with Gasteiger partial charge in [0.05, 0.1) is 16.4 Å². The Balaban J connectivity index is 1.72. The minimum Gasteiger partial charge on any atom is -0.325 e. The van der Waals surface area contributed by atoms with E-state index < -0.39 is 16.4 Å². The third-order valence-electron chi connectivity index (χ3n) is 4.38.